The Morgan fingerprint density at radius 2 is 1.86 bits per heavy atom. The number of aryl methyl sites for hydroxylation is 2. The minimum atomic E-state index is -0.549. The molecular weight excluding hydrogens is 358 g/mol. The summed E-state index contributed by atoms with van der Waals surface area (Å²) in [5, 5.41) is 9.57. The van der Waals surface area contributed by atoms with Crippen LogP contribution in [0.25, 0.3) is 11.0 Å². The van der Waals surface area contributed by atoms with Gasteiger partial charge in [-0.2, -0.15) is 5.26 Å². The minimum absolute atomic E-state index is 0.0313. The lowest BCUT2D eigenvalue weighted by atomic mass is 10.0. The highest BCUT2D eigenvalue weighted by Crippen LogP contribution is 2.28. The predicted molar refractivity (Wildman–Crippen MR) is 101 cm³/mol. The van der Waals surface area contributed by atoms with Gasteiger partial charge < -0.3 is 13.9 Å². The fourth-order valence-electron chi connectivity index (χ4n) is 3.38. The molecule has 28 heavy (non-hydrogen) atoms. The van der Waals surface area contributed by atoms with Crippen molar-refractivity contribution in [2.45, 2.75) is 25.9 Å². The average molecular weight is 375 g/mol. The van der Waals surface area contributed by atoms with Crippen molar-refractivity contribution in [3.63, 3.8) is 0 Å². The number of fused-ring (bicyclic) bond motifs is 2. The van der Waals surface area contributed by atoms with E-state index in [-0.39, 0.29) is 13.2 Å². The number of carbonyl (C=O) groups excluding carboxylic acids is 1. The van der Waals surface area contributed by atoms with Crippen molar-refractivity contribution in [1.29, 1.82) is 5.26 Å². The lowest BCUT2D eigenvalue weighted by Crippen LogP contribution is -2.15. The highest BCUT2D eigenvalue weighted by molar-refractivity contribution is 5.82. The minimum Gasteiger partial charge on any atom is -0.482 e. The number of ether oxygens (including phenoxy) is 2. The van der Waals surface area contributed by atoms with Crippen LogP contribution in [0, 0.1) is 11.3 Å². The van der Waals surface area contributed by atoms with Gasteiger partial charge in [-0.3, -0.25) is 0 Å². The molecule has 0 aliphatic heterocycles. The van der Waals surface area contributed by atoms with E-state index in [0.717, 1.165) is 24.6 Å². The van der Waals surface area contributed by atoms with E-state index in [1.54, 1.807) is 24.3 Å². The third-order valence-electron chi connectivity index (χ3n) is 4.77. The molecule has 0 saturated carbocycles. The molecule has 1 aromatic heterocycles. The van der Waals surface area contributed by atoms with E-state index in [4.69, 9.17) is 19.2 Å². The van der Waals surface area contributed by atoms with Gasteiger partial charge >= 0.3 is 11.6 Å². The lowest BCUT2D eigenvalue weighted by Gasteiger charge is -2.10. The number of nitrogens with zero attached hydrogens (tertiary/aromatic N) is 1. The van der Waals surface area contributed by atoms with Crippen molar-refractivity contribution in [1.82, 2.24) is 0 Å². The topological polar surface area (TPSA) is 89.5 Å². The zero-order valence-electron chi connectivity index (χ0n) is 15.1. The maximum atomic E-state index is 12.0. The third-order valence-corrected chi connectivity index (χ3v) is 4.77. The van der Waals surface area contributed by atoms with Crippen LogP contribution in [0.1, 0.15) is 28.7 Å². The quantitative estimate of drug-likeness (QED) is 0.502. The van der Waals surface area contributed by atoms with Gasteiger partial charge in [-0.15, -0.1) is 0 Å². The average Bonchev–Trinajstić information content (AvgIpc) is 3.16. The first-order valence-electron chi connectivity index (χ1n) is 8.99. The van der Waals surface area contributed by atoms with Gasteiger partial charge in [-0.25, -0.2) is 9.59 Å². The first kappa shape index (κ1) is 17.8. The molecule has 6 nitrogen and oxygen atoms in total. The number of esters is 1. The second-order valence-corrected chi connectivity index (χ2v) is 6.65. The van der Waals surface area contributed by atoms with Crippen LogP contribution < -0.4 is 10.4 Å². The van der Waals surface area contributed by atoms with Crippen LogP contribution in [0.5, 0.6) is 5.75 Å². The fraction of sp³-hybridized carbons (Fsp3) is 0.227. The molecule has 1 heterocycles. The van der Waals surface area contributed by atoms with E-state index in [2.05, 4.69) is 0 Å². The molecule has 0 spiro atoms. The standard InChI is InChI=1S/C22H17NO5/c23-11-14-4-6-18(7-5-14)26-13-22(25)27-12-17-10-21(24)28-20-9-16-3-1-2-15(16)8-19(17)20/h4-10H,1-3,12-13H2. The Labute approximate surface area is 160 Å². The summed E-state index contributed by atoms with van der Waals surface area (Å²) in [4.78, 5) is 23.9. The molecule has 3 aromatic rings. The number of carbonyl (C=O) groups is 1. The fourth-order valence-corrected chi connectivity index (χ4v) is 3.38. The number of hydrogen-bond acceptors (Lipinski definition) is 6. The Kier molecular flexibility index (Phi) is 4.81. The molecule has 0 amide bonds. The van der Waals surface area contributed by atoms with Gasteiger partial charge in [0.2, 0.25) is 0 Å². The van der Waals surface area contributed by atoms with Crippen molar-refractivity contribution in [2.75, 3.05) is 6.61 Å². The van der Waals surface area contributed by atoms with Crippen molar-refractivity contribution in [2.24, 2.45) is 0 Å². The first-order valence-corrected chi connectivity index (χ1v) is 8.99. The number of nitriles is 1. The van der Waals surface area contributed by atoms with E-state index >= 15 is 0 Å². The van der Waals surface area contributed by atoms with E-state index in [9.17, 15) is 9.59 Å². The largest absolute Gasteiger partial charge is 0.482 e. The van der Waals surface area contributed by atoms with Crippen LogP contribution in [0.15, 0.2) is 51.7 Å². The Hall–Kier alpha value is -3.59. The van der Waals surface area contributed by atoms with Crippen LogP contribution in [-0.2, 0) is 29.0 Å². The summed E-state index contributed by atoms with van der Waals surface area (Å²) in [7, 11) is 0. The molecule has 0 bridgehead atoms. The molecular formula is C22H17NO5. The van der Waals surface area contributed by atoms with Gasteiger partial charge in [0.05, 0.1) is 11.6 Å². The molecule has 1 aliphatic carbocycles. The molecule has 0 atom stereocenters. The van der Waals surface area contributed by atoms with Crippen LogP contribution in [-0.4, -0.2) is 12.6 Å². The van der Waals surface area contributed by atoms with E-state index in [1.165, 1.54) is 17.2 Å². The number of benzene rings is 2. The van der Waals surface area contributed by atoms with Gasteiger partial charge in [0.15, 0.2) is 6.61 Å². The highest BCUT2D eigenvalue weighted by atomic mass is 16.6. The van der Waals surface area contributed by atoms with E-state index in [1.807, 2.05) is 18.2 Å². The lowest BCUT2D eigenvalue weighted by molar-refractivity contribution is -0.147. The molecule has 0 radical (unpaired) electrons. The van der Waals surface area contributed by atoms with Gasteiger partial charge in [0.1, 0.15) is 17.9 Å². The summed E-state index contributed by atoms with van der Waals surface area (Å²) in [6, 6.07) is 13.7. The van der Waals surface area contributed by atoms with Crippen LogP contribution in [0.2, 0.25) is 0 Å². The summed E-state index contributed by atoms with van der Waals surface area (Å²) in [6.45, 7) is -0.295. The zero-order chi connectivity index (χ0) is 19.5. The zero-order valence-corrected chi connectivity index (χ0v) is 15.1. The summed E-state index contributed by atoms with van der Waals surface area (Å²) in [5.74, 6) is -0.0794. The molecule has 0 N–H and O–H groups in total. The molecule has 0 fully saturated rings. The van der Waals surface area contributed by atoms with E-state index < -0.39 is 11.6 Å². The van der Waals surface area contributed by atoms with Crippen molar-refractivity contribution in [3.8, 4) is 11.8 Å². The second-order valence-electron chi connectivity index (χ2n) is 6.65. The van der Waals surface area contributed by atoms with Gasteiger partial charge in [0, 0.05) is 17.0 Å². The number of rotatable bonds is 5. The van der Waals surface area contributed by atoms with Crippen LogP contribution in [0.4, 0.5) is 0 Å². The Morgan fingerprint density at radius 1 is 1.11 bits per heavy atom. The summed E-state index contributed by atoms with van der Waals surface area (Å²) >= 11 is 0. The summed E-state index contributed by atoms with van der Waals surface area (Å²) < 4.78 is 16.0. The van der Waals surface area contributed by atoms with Crippen molar-refractivity contribution >= 4 is 16.9 Å². The van der Waals surface area contributed by atoms with E-state index in [0.29, 0.717) is 22.5 Å². The normalized spacial score (nSPS) is 12.4. The molecule has 0 unspecified atom stereocenters. The van der Waals surface area contributed by atoms with Crippen LogP contribution in [0.3, 0.4) is 0 Å². The van der Waals surface area contributed by atoms with Crippen molar-refractivity contribution < 1.29 is 18.7 Å². The molecule has 140 valence electrons. The van der Waals surface area contributed by atoms with Gasteiger partial charge in [-0.1, -0.05) is 0 Å². The molecule has 2 aromatic carbocycles. The molecule has 1 aliphatic rings. The second kappa shape index (κ2) is 7.57. The Balaban J connectivity index is 1.44. The molecule has 6 heteroatoms. The number of hydrogen-bond donors (Lipinski definition) is 0. The third kappa shape index (κ3) is 3.74. The molecule has 0 saturated heterocycles. The maximum absolute atomic E-state index is 12.0. The Bertz CT molecular complexity index is 1140. The SMILES string of the molecule is N#Cc1ccc(OCC(=O)OCc2cc(=O)oc3cc4c(cc23)CCC4)cc1. The van der Waals surface area contributed by atoms with Crippen molar-refractivity contribution in [3.05, 3.63) is 75.1 Å². The molecule has 4 rings (SSSR count). The maximum Gasteiger partial charge on any atom is 0.344 e. The smallest absolute Gasteiger partial charge is 0.344 e. The summed E-state index contributed by atoms with van der Waals surface area (Å²) in [5.41, 5.74) is 3.64. The Morgan fingerprint density at radius 3 is 2.61 bits per heavy atom. The predicted octanol–water partition coefficient (Wildman–Crippen LogP) is 3.28. The highest BCUT2D eigenvalue weighted by Gasteiger charge is 2.16. The van der Waals surface area contributed by atoms with Crippen LogP contribution >= 0.6 is 0 Å². The first-order chi connectivity index (χ1) is 13.6. The summed E-state index contributed by atoms with van der Waals surface area (Å²) in [6.07, 6.45) is 3.08. The van der Waals surface area contributed by atoms with Gasteiger partial charge in [0.25, 0.3) is 0 Å². The van der Waals surface area contributed by atoms with Gasteiger partial charge in [-0.05, 0) is 66.8 Å². The monoisotopic (exact) mass is 375 g/mol.